The first-order valence-electron chi connectivity index (χ1n) is 10.4. The Morgan fingerprint density at radius 1 is 1.06 bits per heavy atom. The van der Waals surface area contributed by atoms with Crippen LogP contribution in [0.1, 0.15) is 49.3 Å². The zero-order valence-electron chi connectivity index (χ0n) is 18.6. The molecular weight excluding hydrogens is 426 g/mol. The molecule has 168 valence electrons. The summed E-state index contributed by atoms with van der Waals surface area (Å²) < 4.78 is 0. The number of nitrogens with one attached hydrogen (secondary N) is 1. The Balaban J connectivity index is 1.70. The number of aliphatic hydroxyl groups is 2. The fourth-order valence-corrected chi connectivity index (χ4v) is 3.41. The highest BCUT2D eigenvalue weighted by Gasteiger charge is 2.16. The van der Waals surface area contributed by atoms with E-state index in [1.165, 1.54) is 6.92 Å². The number of aliphatic hydroxyl groups excluding tert-OH is 2. The van der Waals surface area contributed by atoms with Gasteiger partial charge >= 0.3 is 0 Å². The van der Waals surface area contributed by atoms with Gasteiger partial charge in [-0.15, -0.1) is 0 Å². The molecule has 0 saturated carbocycles. The zero-order valence-corrected chi connectivity index (χ0v) is 19.4. The number of carbonyl (C=O) groups excluding carboxylic acids is 1. The van der Waals surface area contributed by atoms with Crippen LogP contribution < -0.4 is 5.32 Å². The van der Waals surface area contributed by atoms with Crippen LogP contribution in [0, 0.1) is 0 Å². The zero-order chi connectivity index (χ0) is 23.5. The number of benzene rings is 1. The molecule has 0 unspecified atom stereocenters. The number of aromatic nitrogens is 2. The van der Waals surface area contributed by atoms with Crippen LogP contribution in [-0.2, 0) is 11.8 Å². The highest BCUT2D eigenvalue weighted by molar-refractivity contribution is 6.33. The van der Waals surface area contributed by atoms with E-state index in [1.807, 2.05) is 12.1 Å². The molecule has 0 bridgehead atoms. The predicted octanol–water partition coefficient (Wildman–Crippen LogP) is 4.63. The maximum atomic E-state index is 12.6. The van der Waals surface area contributed by atoms with Crippen molar-refractivity contribution < 1.29 is 15.0 Å². The van der Waals surface area contributed by atoms with Crippen LogP contribution in [0.25, 0.3) is 11.3 Å². The van der Waals surface area contributed by atoms with Gasteiger partial charge in [0, 0.05) is 34.9 Å². The van der Waals surface area contributed by atoms with Crippen LogP contribution in [0.2, 0.25) is 5.02 Å². The third kappa shape index (κ3) is 5.91. The van der Waals surface area contributed by atoms with Crippen molar-refractivity contribution >= 4 is 23.2 Å². The number of anilines is 1. The van der Waals surface area contributed by atoms with E-state index < -0.39 is 12.2 Å². The van der Waals surface area contributed by atoms with E-state index in [4.69, 9.17) is 11.6 Å². The number of nitrogens with zero attached hydrogens (tertiary/aromatic N) is 2. The van der Waals surface area contributed by atoms with Crippen LogP contribution in [0.5, 0.6) is 0 Å². The van der Waals surface area contributed by atoms with Gasteiger partial charge in [0.2, 0.25) is 0 Å². The summed E-state index contributed by atoms with van der Waals surface area (Å²) in [6.07, 6.45) is 1.83. The summed E-state index contributed by atoms with van der Waals surface area (Å²) in [5.41, 5.74) is 4.11. The van der Waals surface area contributed by atoms with Crippen molar-refractivity contribution in [1.29, 1.82) is 0 Å². The van der Waals surface area contributed by atoms with Gasteiger partial charge in [0.05, 0.1) is 34.8 Å². The summed E-state index contributed by atoms with van der Waals surface area (Å²) in [6.45, 7) is 7.79. The summed E-state index contributed by atoms with van der Waals surface area (Å²) in [7, 11) is 0. The van der Waals surface area contributed by atoms with Crippen molar-refractivity contribution in [3.63, 3.8) is 0 Å². The lowest BCUT2D eigenvalue weighted by molar-refractivity contribution is 0.0319. The highest BCUT2D eigenvalue weighted by atomic mass is 35.5. The maximum Gasteiger partial charge on any atom is 0.255 e. The van der Waals surface area contributed by atoms with E-state index in [1.54, 1.807) is 42.7 Å². The molecule has 3 rings (SSSR count). The first-order chi connectivity index (χ1) is 15.0. The van der Waals surface area contributed by atoms with Crippen molar-refractivity contribution in [2.75, 3.05) is 5.32 Å². The molecule has 3 N–H and O–H groups in total. The summed E-state index contributed by atoms with van der Waals surface area (Å²) >= 11 is 6.39. The van der Waals surface area contributed by atoms with E-state index in [-0.39, 0.29) is 17.7 Å². The van der Waals surface area contributed by atoms with Gasteiger partial charge in [0.1, 0.15) is 0 Å². The lowest BCUT2D eigenvalue weighted by Gasteiger charge is -2.17. The van der Waals surface area contributed by atoms with Crippen molar-refractivity contribution in [3.05, 3.63) is 76.7 Å². The van der Waals surface area contributed by atoms with E-state index in [2.05, 4.69) is 36.1 Å². The highest BCUT2D eigenvalue weighted by Crippen LogP contribution is 2.27. The lowest BCUT2D eigenvalue weighted by Crippen LogP contribution is -2.24. The van der Waals surface area contributed by atoms with Gasteiger partial charge in [-0.05, 0) is 42.8 Å². The molecule has 0 aliphatic rings. The van der Waals surface area contributed by atoms with Gasteiger partial charge in [-0.1, -0.05) is 44.5 Å². The molecule has 1 aromatic carbocycles. The first-order valence-corrected chi connectivity index (χ1v) is 10.8. The first kappa shape index (κ1) is 23.9. The third-order valence-electron chi connectivity index (χ3n) is 5.11. The molecule has 6 nitrogen and oxygen atoms in total. The van der Waals surface area contributed by atoms with Gasteiger partial charge in [-0.3, -0.25) is 14.8 Å². The molecule has 1 amide bonds. The molecule has 2 aromatic heterocycles. The number of amides is 1. The van der Waals surface area contributed by atoms with Crippen molar-refractivity contribution in [2.45, 2.75) is 51.7 Å². The van der Waals surface area contributed by atoms with Gasteiger partial charge in [-0.2, -0.15) is 0 Å². The van der Waals surface area contributed by atoms with E-state index in [0.717, 1.165) is 16.8 Å². The molecule has 3 aromatic rings. The molecular formula is C25H28ClN3O3. The molecule has 0 spiro atoms. The smallest absolute Gasteiger partial charge is 0.255 e. The number of carbonyl (C=O) groups is 1. The van der Waals surface area contributed by atoms with Crippen molar-refractivity contribution in [1.82, 2.24) is 9.97 Å². The predicted molar refractivity (Wildman–Crippen MR) is 127 cm³/mol. The molecule has 32 heavy (non-hydrogen) atoms. The SMILES string of the molecule is C[C@H](O)[C@H](O)Cc1cnc(-c2ccc(C(=O)Nc3ccc(C(C)(C)C)nc3)cc2)c(Cl)c1. The largest absolute Gasteiger partial charge is 0.391 e. The Bertz CT molecular complexity index is 1080. The standard InChI is InChI=1S/C25H28ClN3O3/c1-15(30)21(31)12-16-11-20(26)23(28-13-16)17-5-7-18(8-6-17)24(32)29-19-9-10-22(27-14-19)25(2,3)4/h5-11,13-15,21,30-31H,12H2,1-4H3,(H,29,32)/t15-,21+/m0/s1. The Morgan fingerprint density at radius 3 is 2.28 bits per heavy atom. The molecule has 2 heterocycles. The summed E-state index contributed by atoms with van der Waals surface area (Å²) in [5, 5.41) is 22.6. The second kappa shape index (κ2) is 9.77. The number of rotatable bonds is 6. The molecule has 0 aliphatic heterocycles. The van der Waals surface area contributed by atoms with Gasteiger partial charge in [0.25, 0.3) is 5.91 Å². The van der Waals surface area contributed by atoms with Crippen molar-refractivity contribution in [3.8, 4) is 11.3 Å². The number of pyridine rings is 2. The Hall–Kier alpha value is -2.80. The van der Waals surface area contributed by atoms with E-state index >= 15 is 0 Å². The van der Waals surface area contributed by atoms with Crippen LogP contribution in [0.4, 0.5) is 5.69 Å². The Labute approximate surface area is 193 Å². The number of halogens is 1. The topological polar surface area (TPSA) is 95.3 Å². The number of hydrogen-bond acceptors (Lipinski definition) is 5. The van der Waals surface area contributed by atoms with Gasteiger partial charge < -0.3 is 15.5 Å². The average Bonchev–Trinajstić information content (AvgIpc) is 2.73. The summed E-state index contributed by atoms with van der Waals surface area (Å²) in [4.78, 5) is 21.4. The quantitative estimate of drug-likeness (QED) is 0.505. The average molecular weight is 454 g/mol. The van der Waals surface area contributed by atoms with Crippen LogP contribution in [-0.4, -0.2) is 38.3 Å². The second-order valence-electron chi connectivity index (χ2n) is 8.90. The van der Waals surface area contributed by atoms with E-state index in [9.17, 15) is 15.0 Å². The minimum atomic E-state index is -0.878. The molecule has 2 atom stereocenters. The minimum Gasteiger partial charge on any atom is -0.391 e. The summed E-state index contributed by atoms with van der Waals surface area (Å²) in [6, 6.07) is 12.5. The third-order valence-corrected chi connectivity index (χ3v) is 5.40. The van der Waals surface area contributed by atoms with Crippen LogP contribution in [0.3, 0.4) is 0 Å². The lowest BCUT2D eigenvalue weighted by atomic mass is 9.92. The van der Waals surface area contributed by atoms with Crippen LogP contribution in [0.15, 0.2) is 54.9 Å². The van der Waals surface area contributed by atoms with Crippen LogP contribution >= 0.6 is 11.6 Å². The Morgan fingerprint density at radius 2 is 1.75 bits per heavy atom. The molecule has 0 fully saturated rings. The monoisotopic (exact) mass is 453 g/mol. The molecule has 0 saturated heterocycles. The van der Waals surface area contributed by atoms with E-state index in [0.29, 0.717) is 22.0 Å². The van der Waals surface area contributed by atoms with Crippen molar-refractivity contribution in [2.24, 2.45) is 0 Å². The molecule has 0 aliphatic carbocycles. The van der Waals surface area contributed by atoms with Gasteiger partial charge in [-0.25, -0.2) is 0 Å². The molecule has 7 heteroatoms. The van der Waals surface area contributed by atoms with Gasteiger partial charge in [0.15, 0.2) is 0 Å². The summed E-state index contributed by atoms with van der Waals surface area (Å²) in [5.74, 6) is -0.233. The maximum absolute atomic E-state index is 12.6. The Kier molecular flexibility index (Phi) is 7.29. The normalized spacial score (nSPS) is 13.5. The molecule has 0 radical (unpaired) electrons. The minimum absolute atomic E-state index is 0.0526. The fraction of sp³-hybridized carbons (Fsp3) is 0.320. The number of hydrogen-bond donors (Lipinski definition) is 3. The fourth-order valence-electron chi connectivity index (χ4n) is 3.11. The second-order valence-corrected chi connectivity index (χ2v) is 9.31.